The van der Waals surface area contributed by atoms with Gasteiger partial charge >= 0.3 is 0 Å². The molecule has 0 aliphatic heterocycles. The minimum atomic E-state index is -3.72. The van der Waals surface area contributed by atoms with Gasteiger partial charge in [-0.25, -0.2) is 17.5 Å². The Hall–Kier alpha value is -1.02. The Morgan fingerprint density at radius 2 is 2.05 bits per heavy atom. The van der Waals surface area contributed by atoms with Crippen molar-refractivity contribution in [3.05, 3.63) is 29.6 Å². The predicted octanol–water partition coefficient (Wildman–Crippen LogP) is 1.38. The van der Waals surface area contributed by atoms with E-state index >= 15 is 0 Å². The Labute approximate surface area is 119 Å². The van der Waals surface area contributed by atoms with E-state index in [4.69, 9.17) is 10.5 Å². The highest BCUT2D eigenvalue weighted by Crippen LogP contribution is 2.16. The van der Waals surface area contributed by atoms with Gasteiger partial charge in [0, 0.05) is 26.8 Å². The lowest BCUT2D eigenvalue weighted by molar-refractivity contribution is 0.192. The van der Waals surface area contributed by atoms with Crippen LogP contribution in [0.5, 0.6) is 0 Å². The molecule has 0 spiro atoms. The summed E-state index contributed by atoms with van der Waals surface area (Å²) in [7, 11) is -2.09. The van der Waals surface area contributed by atoms with Crippen LogP contribution in [0.1, 0.15) is 24.8 Å². The van der Waals surface area contributed by atoms with Crippen molar-refractivity contribution in [3.63, 3.8) is 0 Å². The van der Waals surface area contributed by atoms with Crippen molar-refractivity contribution in [1.29, 1.82) is 0 Å². The standard InChI is InChI=1S/C13H21FN2O3S/c1-19-8-4-2-3-7-16-20(17,18)13-9-12(14)6-5-11(13)10-15/h5-6,9,16H,2-4,7-8,10,15H2,1H3. The molecule has 0 fully saturated rings. The summed E-state index contributed by atoms with van der Waals surface area (Å²) in [6.45, 7) is 1.02. The lowest BCUT2D eigenvalue weighted by Gasteiger charge is -2.10. The van der Waals surface area contributed by atoms with Crippen LogP contribution in [0.4, 0.5) is 4.39 Å². The normalized spacial score (nSPS) is 11.8. The molecule has 1 aromatic carbocycles. The summed E-state index contributed by atoms with van der Waals surface area (Å²) in [4.78, 5) is -0.0862. The number of nitrogens with one attached hydrogen (secondary N) is 1. The fourth-order valence-electron chi connectivity index (χ4n) is 1.78. The van der Waals surface area contributed by atoms with Gasteiger partial charge in [-0.3, -0.25) is 0 Å². The van der Waals surface area contributed by atoms with Gasteiger partial charge in [-0.15, -0.1) is 0 Å². The number of hydrogen-bond donors (Lipinski definition) is 2. The first-order valence-corrected chi connectivity index (χ1v) is 7.96. The SMILES string of the molecule is COCCCCCNS(=O)(=O)c1cc(F)ccc1CN. The third kappa shape index (κ3) is 5.16. The van der Waals surface area contributed by atoms with E-state index in [1.807, 2.05) is 0 Å². The van der Waals surface area contributed by atoms with Crippen molar-refractivity contribution >= 4 is 10.0 Å². The number of rotatable bonds is 9. The van der Waals surface area contributed by atoms with Crippen LogP contribution in [0.3, 0.4) is 0 Å². The van der Waals surface area contributed by atoms with E-state index in [1.54, 1.807) is 7.11 Å². The maximum atomic E-state index is 13.2. The molecular formula is C13H21FN2O3S. The number of nitrogens with two attached hydrogens (primary N) is 1. The van der Waals surface area contributed by atoms with E-state index in [-0.39, 0.29) is 11.4 Å². The number of hydrogen-bond acceptors (Lipinski definition) is 4. The summed E-state index contributed by atoms with van der Waals surface area (Å²) in [6, 6.07) is 3.59. The molecule has 3 N–H and O–H groups in total. The molecule has 0 radical (unpaired) electrons. The third-order valence-electron chi connectivity index (χ3n) is 2.86. The Bertz CT molecular complexity index is 520. The molecule has 0 saturated heterocycles. The predicted molar refractivity (Wildman–Crippen MR) is 75.2 cm³/mol. The first kappa shape index (κ1) is 17.0. The van der Waals surface area contributed by atoms with E-state index in [9.17, 15) is 12.8 Å². The highest BCUT2D eigenvalue weighted by atomic mass is 32.2. The highest BCUT2D eigenvalue weighted by molar-refractivity contribution is 7.89. The topological polar surface area (TPSA) is 81.4 Å². The monoisotopic (exact) mass is 304 g/mol. The molecule has 0 atom stereocenters. The molecule has 0 heterocycles. The lowest BCUT2D eigenvalue weighted by Crippen LogP contribution is -2.26. The molecular weight excluding hydrogens is 283 g/mol. The van der Waals surface area contributed by atoms with Gasteiger partial charge in [0.05, 0.1) is 4.90 Å². The zero-order chi connectivity index (χ0) is 15.0. The first-order chi connectivity index (χ1) is 9.51. The Morgan fingerprint density at radius 1 is 1.30 bits per heavy atom. The largest absolute Gasteiger partial charge is 0.385 e. The van der Waals surface area contributed by atoms with Crippen LogP contribution in [0.15, 0.2) is 23.1 Å². The molecule has 0 amide bonds. The van der Waals surface area contributed by atoms with Crippen LogP contribution < -0.4 is 10.5 Å². The van der Waals surface area contributed by atoms with E-state index in [1.165, 1.54) is 12.1 Å². The Kier molecular flexibility index (Phi) is 7.08. The molecule has 1 rings (SSSR count). The molecule has 7 heteroatoms. The van der Waals surface area contributed by atoms with Gasteiger partial charge in [0.25, 0.3) is 0 Å². The fraction of sp³-hybridized carbons (Fsp3) is 0.538. The van der Waals surface area contributed by atoms with Crippen LogP contribution in [-0.2, 0) is 21.3 Å². The zero-order valence-corrected chi connectivity index (χ0v) is 12.4. The average Bonchev–Trinajstić information content (AvgIpc) is 2.42. The van der Waals surface area contributed by atoms with Crippen molar-refractivity contribution in [3.8, 4) is 0 Å². The number of sulfonamides is 1. The number of unbranched alkanes of at least 4 members (excludes halogenated alkanes) is 2. The Balaban J connectivity index is 2.62. The van der Waals surface area contributed by atoms with Crippen LogP contribution in [-0.4, -0.2) is 28.7 Å². The number of benzene rings is 1. The summed E-state index contributed by atoms with van der Waals surface area (Å²) < 4.78 is 44.8. The second-order valence-corrected chi connectivity index (χ2v) is 6.14. The van der Waals surface area contributed by atoms with Gasteiger partial charge in [0.2, 0.25) is 10.0 Å². The fourth-order valence-corrected chi connectivity index (χ4v) is 3.11. The second kappa shape index (κ2) is 8.31. The third-order valence-corrected chi connectivity index (χ3v) is 4.40. The summed E-state index contributed by atoms with van der Waals surface area (Å²) in [6.07, 6.45) is 2.45. The summed E-state index contributed by atoms with van der Waals surface area (Å²) in [5, 5.41) is 0. The minimum absolute atomic E-state index is 0.0460. The van der Waals surface area contributed by atoms with E-state index in [0.717, 1.165) is 18.9 Å². The van der Waals surface area contributed by atoms with Crippen molar-refractivity contribution in [1.82, 2.24) is 4.72 Å². The van der Waals surface area contributed by atoms with Crippen molar-refractivity contribution in [2.24, 2.45) is 5.73 Å². The summed E-state index contributed by atoms with van der Waals surface area (Å²) in [5.41, 5.74) is 5.88. The molecule has 1 aromatic rings. The number of halogens is 1. The van der Waals surface area contributed by atoms with Gasteiger partial charge < -0.3 is 10.5 Å². The maximum absolute atomic E-state index is 13.2. The van der Waals surface area contributed by atoms with Crippen molar-refractivity contribution in [2.75, 3.05) is 20.3 Å². The zero-order valence-electron chi connectivity index (χ0n) is 11.6. The number of ether oxygens (including phenoxy) is 1. The molecule has 20 heavy (non-hydrogen) atoms. The smallest absolute Gasteiger partial charge is 0.240 e. The summed E-state index contributed by atoms with van der Waals surface area (Å²) >= 11 is 0. The van der Waals surface area contributed by atoms with Gasteiger partial charge in [-0.05, 0) is 37.0 Å². The van der Waals surface area contributed by atoms with E-state index in [0.29, 0.717) is 25.1 Å². The molecule has 0 bridgehead atoms. The van der Waals surface area contributed by atoms with Crippen LogP contribution in [0.25, 0.3) is 0 Å². The molecule has 0 aliphatic rings. The summed E-state index contributed by atoms with van der Waals surface area (Å²) in [5.74, 6) is -0.595. The van der Waals surface area contributed by atoms with Crippen LogP contribution >= 0.6 is 0 Å². The van der Waals surface area contributed by atoms with Gasteiger partial charge in [-0.2, -0.15) is 0 Å². The quantitative estimate of drug-likeness (QED) is 0.675. The highest BCUT2D eigenvalue weighted by Gasteiger charge is 2.18. The second-order valence-electron chi connectivity index (χ2n) is 4.41. The van der Waals surface area contributed by atoms with E-state index < -0.39 is 15.8 Å². The van der Waals surface area contributed by atoms with Gasteiger partial charge in [-0.1, -0.05) is 6.07 Å². The molecule has 0 unspecified atom stereocenters. The average molecular weight is 304 g/mol. The van der Waals surface area contributed by atoms with Crippen LogP contribution in [0, 0.1) is 5.82 Å². The van der Waals surface area contributed by atoms with Crippen molar-refractivity contribution < 1.29 is 17.5 Å². The lowest BCUT2D eigenvalue weighted by atomic mass is 10.2. The van der Waals surface area contributed by atoms with Gasteiger partial charge in [0.1, 0.15) is 5.82 Å². The molecule has 0 aliphatic carbocycles. The molecule has 0 aromatic heterocycles. The van der Waals surface area contributed by atoms with Crippen LogP contribution in [0.2, 0.25) is 0 Å². The molecule has 114 valence electrons. The van der Waals surface area contributed by atoms with E-state index in [2.05, 4.69) is 4.72 Å². The molecule has 0 saturated carbocycles. The minimum Gasteiger partial charge on any atom is -0.385 e. The van der Waals surface area contributed by atoms with Gasteiger partial charge in [0.15, 0.2) is 0 Å². The Morgan fingerprint density at radius 3 is 2.70 bits per heavy atom. The number of methoxy groups -OCH3 is 1. The first-order valence-electron chi connectivity index (χ1n) is 6.48. The van der Waals surface area contributed by atoms with Crippen molar-refractivity contribution in [2.45, 2.75) is 30.7 Å². The molecule has 5 nitrogen and oxygen atoms in total. The maximum Gasteiger partial charge on any atom is 0.240 e.